The van der Waals surface area contributed by atoms with E-state index in [-0.39, 0.29) is 5.78 Å². The van der Waals surface area contributed by atoms with Gasteiger partial charge in [-0.15, -0.1) is 0 Å². The Morgan fingerprint density at radius 2 is 2.42 bits per heavy atom. The molecule has 5 heteroatoms. The fraction of sp³-hybridized carbons (Fsp3) is 0.714. The maximum Gasteiger partial charge on any atom is 0.317 e. The highest BCUT2D eigenvalue weighted by atomic mass is 16.5. The minimum atomic E-state index is -0.561. The van der Waals surface area contributed by atoms with Crippen LogP contribution in [0, 0.1) is 5.92 Å². The monoisotopic (exact) mass is 169 g/mol. The van der Waals surface area contributed by atoms with Crippen LogP contribution >= 0.6 is 0 Å². The predicted molar refractivity (Wildman–Crippen MR) is 45.2 cm³/mol. The molecule has 1 fully saturated rings. The van der Waals surface area contributed by atoms with Crippen LogP contribution in [0.4, 0.5) is 0 Å². The summed E-state index contributed by atoms with van der Waals surface area (Å²) in [5, 5.41) is 0. The molecule has 0 aromatic rings. The highest BCUT2D eigenvalue weighted by molar-refractivity contribution is 6.07. The van der Waals surface area contributed by atoms with Crippen LogP contribution in [0.25, 0.3) is 0 Å². The van der Waals surface area contributed by atoms with E-state index in [0.717, 1.165) is 6.54 Å². The minimum Gasteiger partial charge on any atom is -0.468 e. The van der Waals surface area contributed by atoms with E-state index in [9.17, 15) is 9.59 Å². The number of ketones is 1. The number of carbonyl (C=O) groups excluding carboxylic acids is 2. The molecule has 0 aromatic carbocycles. The molecule has 0 spiro atoms. The fourth-order valence-electron chi connectivity index (χ4n) is 1.33. The first-order valence-corrected chi connectivity index (χ1v) is 3.94. The van der Waals surface area contributed by atoms with Crippen LogP contribution in [-0.4, -0.2) is 44.7 Å². The normalized spacial score (nSPS) is 25.4. The standard InChI is InChI=1S/C7H12BNO3/c1-12-7(11)5-4-9(8)3-2-6(5)10/h5H,2-4,8H2,1H3. The first-order valence-electron chi connectivity index (χ1n) is 3.94. The van der Waals surface area contributed by atoms with E-state index in [0.29, 0.717) is 13.0 Å². The van der Waals surface area contributed by atoms with Crippen molar-refractivity contribution in [1.29, 1.82) is 0 Å². The highest BCUT2D eigenvalue weighted by Gasteiger charge is 2.31. The van der Waals surface area contributed by atoms with E-state index in [1.165, 1.54) is 7.11 Å². The van der Waals surface area contributed by atoms with E-state index >= 15 is 0 Å². The van der Waals surface area contributed by atoms with Gasteiger partial charge in [0.1, 0.15) is 11.7 Å². The molecule has 4 nitrogen and oxygen atoms in total. The molecule has 1 aliphatic rings. The molecule has 1 heterocycles. The van der Waals surface area contributed by atoms with Crippen LogP contribution in [0.1, 0.15) is 6.42 Å². The molecule has 1 aliphatic heterocycles. The molecule has 0 radical (unpaired) electrons. The summed E-state index contributed by atoms with van der Waals surface area (Å²) in [4.78, 5) is 24.2. The molecule has 12 heavy (non-hydrogen) atoms. The molecule has 0 aliphatic carbocycles. The van der Waals surface area contributed by atoms with Crippen LogP contribution in [0.3, 0.4) is 0 Å². The van der Waals surface area contributed by atoms with Crippen molar-refractivity contribution in [3.63, 3.8) is 0 Å². The third kappa shape index (κ3) is 1.85. The molecule has 0 aromatic heterocycles. The van der Waals surface area contributed by atoms with Crippen molar-refractivity contribution in [2.24, 2.45) is 5.92 Å². The zero-order valence-corrected chi connectivity index (χ0v) is 7.37. The molecule has 0 N–H and O–H groups in total. The third-order valence-electron chi connectivity index (χ3n) is 2.11. The zero-order chi connectivity index (χ0) is 9.14. The Balaban J connectivity index is 2.60. The van der Waals surface area contributed by atoms with Crippen molar-refractivity contribution in [2.75, 3.05) is 20.2 Å². The van der Waals surface area contributed by atoms with Crippen LogP contribution in [-0.2, 0) is 14.3 Å². The van der Waals surface area contributed by atoms with Crippen molar-refractivity contribution in [3.8, 4) is 0 Å². The summed E-state index contributed by atoms with van der Waals surface area (Å²) in [6.45, 7) is 1.23. The molecular weight excluding hydrogens is 157 g/mol. The largest absolute Gasteiger partial charge is 0.468 e. The van der Waals surface area contributed by atoms with Crippen molar-refractivity contribution in [1.82, 2.24) is 4.81 Å². The Morgan fingerprint density at radius 1 is 1.75 bits per heavy atom. The smallest absolute Gasteiger partial charge is 0.317 e. The van der Waals surface area contributed by atoms with Crippen molar-refractivity contribution >= 4 is 19.7 Å². The van der Waals surface area contributed by atoms with Gasteiger partial charge >= 0.3 is 5.97 Å². The summed E-state index contributed by atoms with van der Waals surface area (Å²) in [6, 6.07) is 0. The molecule has 1 unspecified atom stereocenters. The van der Waals surface area contributed by atoms with Crippen LogP contribution in [0.2, 0.25) is 0 Å². The summed E-state index contributed by atoms with van der Waals surface area (Å²) in [7, 11) is 3.20. The van der Waals surface area contributed by atoms with E-state index < -0.39 is 11.9 Å². The number of hydrogen-bond acceptors (Lipinski definition) is 4. The lowest BCUT2D eigenvalue weighted by Gasteiger charge is -2.26. The lowest BCUT2D eigenvalue weighted by molar-refractivity contribution is -0.150. The van der Waals surface area contributed by atoms with Gasteiger partial charge in [-0.25, -0.2) is 0 Å². The number of methoxy groups -OCH3 is 1. The van der Waals surface area contributed by atoms with Gasteiger partial charge in [-0.1, -0.05) is 0 Å². The average Bonchev–Trinajstić information content (AvgIpc) is 2.08. The van der Waals surface area contributed by atoms with E-state index in [4.69, 9.17) is 0 Å². The van der Waals surface area contributed by atoms with Gasteiger partial charge in [-0.3, -0.25) is 9.59 Å². The summed E-state index contributed by atoms with van der Waals surface area (Å²) in [5.41, 5.74) is 0. The minimum absolute atomic E-state index is 0.0000463. The lowest BCUT2D eigenvalue weighted by atomic mass is 9.94. The summed E-state index contributed by atoms with van der Waals surface area (Å²) < 4.78 is 4.52. The molecule has 1 atom stereocenters. The summed E-state index contributed by atoms with van der Waals surface area (Å²) >= 11 is 0. The van der Waals surface area contributed by atoms with Gasteiger partial charge in [0, 0.05) is 13.0 Å². The van der Waals surface area contributed by atoms with Gasteiger partial charge in [0.25, 0.3) is 0 Å². The fourth-order valence-corrected chi connectivity index (χ4v) is 1.33. The summed E-state index contributed by atoms with van der Waals surface area (Å²) in [6.07, 6.45) is 0.455. The molecular formula is C7H12BNO3. The van der Waals surface area contributed by atoms with Gasteiger partial charge in [0.2, 0.25) is 0 Å². The SMILES string of the molecule is BN1CCC(=O)C(C(=O)OC)C1. The predicted octanol–water partition coefficient (Wildman–Crippen LogP) is -1.40. The number of rotatable bonds is 1. The number of Topliss-reactive ketones (excluding diaryl/α,β-unsaturated/α-hetero) is 1. The third-order valence-corrected chi connectivity index (χ3v) is 2.11. The maximum atomic E-state index is 11.2. The second kappa shape index (κ2) is 3.71. The first kappa shape index (κ1) is 9.25. The first-order chi connectivity index (χ1) is 5.65. The van der Waals surface area contributed by atoms with Gasteiger partial charge in [-0.2, -0.15) is 0 Å². The average molecular weight is 169 g/mol. The summed E-state index contributed by atoms with van der Waals surface area (Å²) in [5.74, 6) is -0.972. The Kier molecular flexibility index (Phi) is 2.86. The maximum absolute atomic E-state index is 11.2. The molecule has 0 saturated carbocycles. The number of piperidine rings is 1. The van der Waals surface area contributed by atoms with Crippen molar-refractivity contribution in [3.05, 3.63) is 0 Å². The van der Waals surface area contributed by atoms with Crippen LogP contribution in [0.15, 0.2) is 0 Å². The number of nitrogens with zero attached hydrogens (tertiary/aromatic N) is 1. The van der Waals surface area contributed by atoms with Gasteiger partial charge in [0.05, 0.1) is 7.11 Å². The Morgan fingerprint density at radius 3 is 3.00 bits per heavy atom. The Bertz CT molecular complexity index is 199. The van der Waals surface area contributed by atoms with E-state index in [1.807, 2.05) is 12.8 Å². The van der Waals surface area contributed by atoms with E-state index in [1.54, 1.807) is 0 Å². The Hall–Kier alpha value is -0.835. The van der Waals surface area contributed by atoms with Gasteiger partial charge < -0.3 is 9.55 Å². The molecule has 1 saturated heterocycles. The number of esters is 1. The molecule has 1 rings (SSSR count). The molecule has 66 valence electrons. The number of ether oxygens (including phenoxy) is 1. The quantitative estimate of drug-likeness (QED) is 0.275. The van der Waals surface area contributed by atoms with Crippen molar-refractivity contribution < 1.29 is 14.3 Å². The van der Waals surface area contributed by atoms with E-state index in [2.05, 4.69) is 4.74 Å². The Labute approximate surface area is 72.3 Å². The lowest BCUT2D eigenvalue weighted by Crippen LogP contribution is -2.43. The second-order valence-corrected chi connectivity index (χ2v) is 3.05. The number of carbonyl (C=O) groups is 2. The zero-order valence-electron chi connectivity index (χ0n) is 7.37. The molecule has 0 bridgehead atoms. The van der Waals surface area contributed by atoms with Gasteiger partial charge in [-0.05, 0) is 6.54 Å². The van der Waals surface area contributed by atoms with Gasteiger partial charge in [0.15, 0.2) is 7.98 Å². The number of hydrogen-bond donors (Lipinski definition) is 0. The second-order valence-electron chi connectivity index (χ2n) is 3.05. The van der Waals surface area contributed by atoms with Crippen LogP contribution < -0.4 is 0 Å². The van der Waals surface area contributed by atoms with Crippen LogP contribution in [0.5, 0.6) is 0 Å². The highest BCUT2D eigenvalue weighted by Crippen LogP contribution is 2.12. The topological polar surface area (TPSA) is 46.6 Å². The molecule has 0 amide bonds. The van der Waals surface area contributed by atoms with Crippen molar-refractivity contribution in [2.45, 2.75) is 6.42 Å².